The van der Waals surface area contributed by atoms with Crippen molar-refractivity contribution in [2.24, 2.45) is 0 Å². The second-order valence-electron chi connectivity index (χ2n) is 4.38. The second-order valence-corrected chi connectivity index (χ2v) is 6.32. The van der Waals surface area contributed by atoms with Crippen LogP contribution < -0.4 is 0 Å². The van der Waals surface area contributed by atoms with Crippen molar-refractivity contribution in [1.82, 2.24) is 4.31 Å². The van der Waals surface area contributed by atoms with Crippen LogP contribution in [0.2, 0.25) is 0 Å². The van der Waals surface area contributed by atoms with E-state index in [1.807, 2.05) is 6.07 Å². The molecule has 1 aromatic carbocycles. The zero-order valence-corrected chi connectivity index (χ0v) is 12.4. The Kier molecular flexibility index (Phi) is 5.36. The van der Waals surface area contributed by atoms with Gasteiger partial charge in [0.15, 0.2) is 0 Å². The predicted octanol–water partition coefficient (Wildman–Crippen LogP) is 2.94. The van der Waals surface area contributed by atoms with E-state index in [1.165, 1.54) is 6.92 Å². The fourth-order valence-electron chi connectivity index (χ4n) is 1.84. The Morgan fingerprint density at radius 1 is 1.33 bits per heavy atom. The lowest BCUT2D eigenvalue weighted by Gasteiger charge is -2.20. The molecule has 0 spiro atoms. The number of hydrogen-bond acceptors (Lipinski definition) is 3. The van der Waals surface area contributed by atoms with Crippen LogP contribution in [0.3, 0.4) is 0 Å². The monoisotopic (exact) mass is 320 g/mol. The summed E-state index contributed by atoms with van der Waals surface area (Å²) in [6.07, 6.45) is -4.63. The predicted molar refractivity (Wildman–Crippen MR) is 70.8 cm³/mol. The molecule has 4 nitrogen and oxygen atoms in total. The van der Waals surface area contributed by atoms with Crippen molar-refractivity contribution in [3.8, 4) is 6.07 Å². The van der Waals surface area contributed by atoms with Crippen molar-refractivity contribution < 1.29 is 21.6 Å². The molecule has 0 aliphatic heterocycles. The molecule has 0 unspecified atom stereocenters. The molecule has 0 saturated carbocycles. The van der Waals surface area contributed by atoms with Gasteiger partial charge in [0.05, 0.1) is 16.5 Å². The van der Waals surface area contributed by atoms with E-state index in [-0.39, 0.29) is 25.1 Å². The smallest absolute Gasteiger partial charge is 0.207 e. The maximum atomic E-state index is 12.9. The van der Waals surface area contributed by atoms with Crippen LogP contribution in [0.4, 0.5) is 13.2 Å². The molecule has 0 radical (unpaired) electrons. The molecule has 0 fully saturated rings. The number of rotatable bonds is 5. The molecule has 1 rings (SSSR count). The van der Waals surface area contributed by atoms with Crippen molar-refractivity contribution in [1.29, 1.82) is 5.26 Å². The van der Waals surface area contributed by atoms with Crippen LogP contribution >= 0.6 is 0 Å². The number of nitriles is 1. The van der Waals surface area contributed by atoms with Crippen molar-refractivity contribution >= 4 is 10.0 Å². The number of alkyl halides is 3. The summed E-state index contributed by atoms with van der Waals surface area (Å²) >= 11 is 0. The molecule has 1 aromatic rings. The first-order valence-electron chi connectivity index (χ1n) is 6.19. The maximum Gasteiger partial charge on any atom is 0.416 e. The summed E-state index contributed by atoms with van der Waals surface area (Å²) in [5.74, 6) is 0. The number of halogens is 3. The largest absolute Gasteiger partial charge is 0.416 e. The van der Waals surface area contributed by atoms with E-state index in [9.17, 15) is 21.6 Å². The van der Waals surface area contributed by atoms with E-state index in [4.69, 9.17) is 5.26 Å². The highest BCUT2D eigenvalue weighted by atomic mass is 32.2. The molecule has 8 heteroatoms. The average Bonchev–Trinajstić information content (AvgIpc) is 2.38. The van der Waals surface area contributed by atoms with Gasteiger partial charge in [0.25, 0.3) is 0 Å². The summed E-state index contributed by atoms with van der Waals surface area (Å²) in [4.78, 5) is -0.416. The first-order chi connectivity index (χ1) is 9.64. The highest BCUT2D eigenvalue weighted by Gasteiger charge is 2.34. The fraction of sp³-hybridized carbons (Fsp3) is 0.462. The highest BCUT2D eigenvalue weighted by molar-refractivity contribution is 7.89. The van der Waals surface area contributed by atoms with Crippen LogP contribution in [0.5, 0.6) is 0 Å². The van der Waals surface area contributed by atoms with Crippen molar-refractivity contribution in [2.45, 2.75) is 31.3 Å². The third-order valence-electron chi connectivity index (χ3n) is 2.98. The van der Waals surface area contributed by atoms with Crippen LogP contribution in [-0.4, -0.2) is 25.8 Å². The Labute approximate surface area is 121 Å². The van der Waals surface area contributed by atoms with Crippen molar-refractivity contribution in [2.75, 3.05) is 13.1 Å². The molecule has 0 bridgehead atoms. The van der Waals surface area contributed by atoms with Gasteiger partial charge in [-0.2, -0.15) is 22.7 Å². The van der Waals surface area contributed by atoms with E-state index < -0.39 is 26.7 Å². The zero-order valence-electron chi connectivity index (χ0n) is 11.6. The minimum absolute atomic E-state index is 0.0228. The van der Waals surface area contributed by atoms with Gasteiger partial charge in [-0.15, -0.1) is 0 Å². The Morgan fingerprint density at radius 2 is 1.95 bits per heavy atom. The zero-order chi connectivity index (χ0) is 16.3. The Balaban J connectivity index is 3.29. The normalized spacial score (nSPS) is 12.4. The number of nitrogens with zero attached hydrogens (tertiary/aromatic N) is 2. The molecule has 116 valence electrons. The molecular formula is C13H15F3N2O2S. The van der Waals surface area contributed by atoms with Gasteiger partial charge in [-0.25, -0.2) is 8.42 Å². The van der Waals surface area contributed by atoms with Gasteiger partial charge in [-0.1, -0.05) is 13.0 Å². The summed E-state index contributed by atoms with van der Waals surface area (Å²) in [5, 5.41) is 8.51. The topological polar surface area (TPSA) is 61.2 Å². The molecule has 0 saturated heterocycles. The second kappa shape index (κ2) is 6.45. The summed E-state index contributed by atoms with van der Waals surface area (Å²) in [6, 6.07) is 4.73. The quantitative estimate of drug-likeness (QED) is 0.838. The van der Waals surface area contributed by atoms with E-state index in [2.05, 4.69) is 0 Å². The van der Waals surface area contributed by atoms with Crippen LogP contribution in [0.1, 0.15) is 24.5 Å². The summed E-state index contributed by atoms with van der Waals surface area (Å²) in [7, 11) is -4.04. The molecular weight excluding hydrogens is 305 g/mol. The Bertz CT molecular complexity index is 648. The lowest BCUT2D eigenvalue weighted by Crippen LogP contribution is -2.32. The van der Waals surface area contributed by atoms with Crippen molar-refractivity contribution in [3.05, 3.63) is 29.3 Å². The van der Waals surface area contributed by atoms with Gasteiger partial charge in [0.1, 0.15) is 0 Å². The van der Waals surface area contributed by atoms with Gasteiger partial charge in [-0.05, 0) is 24.6 Å². The Hall–Kier alpha value is -1.59. The first-order valence-corrected chi connectivity index (χ1v) is 7.63. The standard InChI is InChI=1S/C13H15F3N2O2S/c1-3-18(8-4-7-17)21(19,20)11-6-5-10(2)12(9-11)13(14,15)16/h5-6,9H,3-4,8H2,1-2H3. The maximum absolute atomic E-state index is 12.9. The molecule has 0 heterocycles. The van der Waals surface area contributed by atoms with Gasteiger partial charge < -0.3 is 0 Å². The third-order valence-corrected chi connectivity index (χ3v) is 4.95. The number of benzene rings is 1. The molecule has 0 N–H and O–H groups in total. The molecule has 0 aliphatic carbocycles. The molecule has 0 amide bonds. The number of hydrogen-bond donors (Lipinski definition) is 0. The number of sulfonamides is 1. The van der Waals surface area contributed by atoms with Crippen molar-refractivity contribution in [3.63, 3.8) is 0 Å². The SMILES string of the molecule is CCN(CCC#N)S(=O)(=O)c1ccc(C)c(C(F)(F)F)c1. The van der Waals surface area contributed by atoms with Gasteiger partial charge in [0.2, 0.25) is 10.0 Å². The Morgan fingerprint density at radius 3 is 2.43 bits per heavy atom. The van der Waals surface area contributed by atoms with Crippen LogP contribution in [0, 0.1) is 18.3 Å². The molecule has 0 aromatic heterocycles. The van der Waals surface area contributed by atoms with Gasteiger partial charge in [-0.3, -0.25) is 0 Å². The van der Waals surface area contributed by atoms with Gasteiger partial charge >= 0.3 is 6.18 Å². The molecule has 0 atom stereocenters. The number of aryl methyl sites for hydroxylation is 1. The minimum Gasteiger partial charge on any atom is -0.207 e. The summed E-state index contributed by atoms with van der Waals surface area (Å²) < 4.78 is 64.2. The molecule has 21 heavy (non-hydrogen) atoms. The van der Waals surface area contributed by atoms with Gasteiger partial charge in [0, 0.05) is 19.5 Å². The van der Waals surface area contributed by atoms with E-state index in [1.54, 1.807) is 6.92 Å². The fourth-order valence-corrected chi connectivity index (χ4v) is 3.32. The van der Waals surface area contributed by atoms with E-state index in [0.717, 1.165) is 16.4 Å². The average molecular weight is 320 g/mol. The lowest BCUT2D eigenvalue weighted by atomic mass is 10.1. The van der Waals surface area contributed by atoms with Crippen LogP contribution in [-0.2, 0) is 16.2 Å². The summed E-state index contributed by atoms with van der Waals surface area (Å²) in [6.45, 7) is 2.87. The van der Waals surface area contributed by atoms with Crippen LogP contribution in [0.25, 0.3) is 0 Å². The van der Waals surface area contributed by atoms with Crippen LogP contribution in [0.15, 0.2) is 23.1 Å². The first kappa shape index (κ1) is 17.5. The minimum atomic E-state index is -4.61. The summed E-state index contributed by atoms with van der Waals surface area (Å²) in [5.41, 5.74) is -1.01. The van der Waals surface area contributed by atoms with E-state index >= 15 is 0 Å². The third kappa shape index (κ3) is 3.95. The highest BCUT2D eigenvalue weighted by Crippen LogP contribution is 2.33. The van der Waals surface area contributed by atoms with E-state index in [0.29, 0.717) is 6.07 Å². The molecule has 0 aliphatic rings. The lowest BCUT2D eigenvalue weighted by molar-refractivity contribution is -0.138.